The zero-order chi connectivity index (χ0) is 16.4. The number of rotatable bonds is 3. The van der Waals surface area contributed by atoms with Crippen LogP contribution in [-0.4, -0.2) is 21.1 Å². The topological polar surface area (TPSA) is 70.7 Å². The summed E-state index contributed by atoms with van der Waals surface area (Å²) in [5, 5.41) is 12.0. The molecule has 0 radical (unpaired) electrons. The number of fused-ring (bicyclic) bond motifs is 2. The molecular weight excluding hydrogens is 300 g/mol. The molecule has 0 fully saturated rings. The molecule has 2 N–H and O–H groups in total. The zero-order valence-electron chi connectivity index (χ0n) is 12.7. The maximum Gasteiger partial charge on any atom is 0.248 e. The van der Waals surface area contributed by atoms with Crippen LogP contribution in [-0.2, 0) is 4.79 Å². The van der Waals surface area contributed by atoms with E-state index in [1.165, 1.54) is 6.08 Å². The summed E-state index contributed by atoms with van der Waals surface area (Å²) in [6.45, 7) is 0. The number of anilines is 1. The van der Waals surface area contributed by atoms with Crippen LogP contribution in [0.4, 0.5) is 5.69 Å². The van der Waals surface area contributed by atoms with Gasteiger partial charge in [0.15, 0.2) is 0 Å². The van der Waals surface area contributed by atoms with Crippen molar-refractivity contribution in [3.8, 4) is 0 Å². The molecule has 2 heterocycles. The molecule has 0 saturated heterocycles. The number of nitrogens with zero attached hydrogens (tertiary/aromatic N) is 2. The van der Waals surface area contributed by atoms with Crippen LogP contribution in [0.5, 0.6) is 0 Å². The average molecular weight is 314 g/mol. The van der Waals surface area contributed by atoms with E-state index in [-0.39, 0.29) is 5.91 Å². The summed E-state index contributed by atoms with van der Waals surface area (Å²) >= 11 is 0. The second kappa shape index (κ2) is 5.96. The first-order valence-electron chi connectivity index (χ1n) is 7.57. The molecule has 0 aliphatic carbocycles. The lowest BCUT2D eigenvalue weighted by Gasteiger charge is -2.05. The van der Waals surface area contributed by atoms with Gasteiger partial charge in [-0.1, -0.05) is 24.3 Å². The number of pyridine rings is 1. The van der Waals surface area contributed by atoms with Gasteiger partial charge in [0.2, 0.25) is 5.91 Å². The summed E-state index contributed by atoms with van der Waals surface area (Å²) < 4.78 is 0. The fourth-order valence-corrected chi connectivity index (χ4v) is 2.65. The Morgan fingerprint density at radius 1 is 1.00 bits per heavy atom. The van der Waals surface area contributed by atoms with Crippen LogP contribution in [0.1, 0.15) is 5.69 Å². The van der Waals surface area contributed by atoms with Gasteiger partial charge in [-0.15, -0.1) is 0 Å². The Bertz CT molecular complexity index is 1060. The van der Waals surface area contributed by atoms with E-state index < -0.39 is 0 Å². The highest BCUT2D eigenvalue weighted by Gasteiger charge is 2.05. The summed E-state index contributed by atoms with van der Waals surface area (Å²) in [5.74, 6) is -0.210. The van der Waals surface area contributed by atoms with Gasteiger partial charge in [0, 0.05) is 23.0 Å². The van der Waals surface area contributed by atoms with Gasteiger partial charge < -0.3 is 5.32 Å². The van der Waals surface area contributed by atoms with Crippen molar-refractivity contribution >= 4 is 39.5 Å². The maximum absolute atomic E-state index is 12.2. The molecule has 2 aromatic carbocycles. The summed E-state index contributed by atoms with van der Waals surface area (Å²) in [6.07, 6.45) is 4.92. The molecule has 0 aliphatic heterocycles. The van der Waals surface area contributed by atoms with E-state index in [1.54, 1.807) is 12.3 Å². The largest absolute Gasteiger partial charge is 0.322 e. The number of H-pyrrole nitrogens is 1. The number of carbonyl (C=O) groups is 1. The fourth-order valence-electron chi connectivity index (χ4n) is 2.65. The molecular formula is C19H14N4O. The zero-order valence-corrected chi connectivity index (χ0v) is 12.7. The van der Waals surface area contributed by atoms with Gasteiger partial charge in [0.1, 0.15) is 0 Å². The number of nitrogens with one attached hydrogen (secondary N) is 2. The summed E-state index contributed by atoms with van der Waals surface area (Å²) in [5.41, 5.74) is 3.26. The van der Waals surface area contributed by atoms with Crippen LogP contribution in [0.15, 0.2) is 66.9 Å². The molecule has 0 unspecified atom stereocenters. The van der Waals surface area contributed by atoms with E-state index in [0.717, 1.165) is 33.2 Å². The Hall–Kier alpha value is -3.47. The van der Waals surface area contributed by atoms with Crippen LogP contribution in [0, 0.1) is 0 Å². The Morgan fingerprint density at radius 2 is 1.88 bits per heavy atom. The molecule has 5 nitrogen and oxygen atoms in total. The number of para-hydroxylation sites is 1. The number of hydrogen-bond acceptors (Lipinski definition) is 3. The van der Waals surface area contributed by atoms with Crippen molar-refractivity contribution in [3.05, 3.63) is 72.6 Å². The van der Waals surface area contributed by atoms with Crippen LogP contribution in [0.25, 0.3) is 27.9 Å². The minimum Gasteiger partial charge on any atom is -0.322 e. The first-order valence-corrected chi connectivity index (χ1v) is 7.57. The first kappa shape index (κ1) is 14.1. The monoisotopic (exact) mass is 314 g/mol. The summed E-state index contributed by atoms with van der Waals surface area (Å²) in [4.78, 5) is 16.5. The number of aromatic amines is 1. The minimum absolute atomic E-state index is 0.210. The molecule has 24 heavy (non-hydrogen) atoms. The Balaban J connectivity index is 1.58. The average Bonchev–Trinajstić information content (AvgIpc) is 3.04. The summed E-state index contributed by atoms with van der Waals surface area (Å²) in [6, 6.07) is 17.2. The van der Waals surface area contributed by atoms with E-state index in [0.29, 0.717) is 0 Å². The molecule has 0 atom stereocenters. The van der Waals surface area contributed by atoms with Gasteiger partial charge in [0.05, 0.1) is 22.4 Å². The van der Waals surface area contributed by atoms with E-state index in [9.17, 15) is 4.79 Å². The maximum atomic E-state index is 12.2. The molecule has 116 valence electrons. The second-order valence-corrected chi connectivity index (χ2v) is 5.35. The number of aromatic nitrogens is 3. The predicted molar refractivity (Wildman–Crippen MR) is 95.5 cm³/mol. The SMILES string of the molecule is O=C(C=Cc1n[nH]c2ccccc12)Nc1cccc2ncccc12. The quantitative estimate of drug-likeness (QED) is 0.566. The van der Waals surface area contributed by atoms with Gasteiger partial charge in [-0.3, -0.25) is 14.9 Å². The van der Waals surface area contributed by atoms with Gasteiger partial charge >= 0.3 is 0 Å². The van der Waals surface area contributed by atoms with Crippen molar-refractivity contribution in [3.63, 3.8) is 0 Å². The van der Waals surface area contributed by atoms with Gasteiger partial charge in [-0.25, -0.2) is 0 Å². The lowest BCUT2D eigenvalue weighted by atomic mass is 10.2. The van der Waals surface area contributed by atoms with Crippen molar-refractivity contribution in [2.75, 3.05) is 5.32 Å². The molecule has 0 saturated carbocycles. The molecule has 5 heteroatoms. The van der Waals surface area contributed by atoms with Crippen LogP contribution < -0.4 is 5.32 Å². The molecule has 0 aliphatic rings. The number of amides is 1. The molecule has 0 spiro atoms. The van der Waals surface area contributed by atoms with Crippen molar-refractivity contribution in [2.45, 2.75) is 0 Å². The molecule has 4 rings (SSSR count). The lowest BCUT2D eigenvalue weighted by Crippen LogP contribution is -2.08. The van der Waals surface area contributed by atoms with E-state index in [4.69, 9.17) is 0 Å². The highest BCUT2D eigenvalue weighted by Crippen LogP contribution is 2.21. The van der Waals surface area contributed by atoms with Crippen molar-refractivity contribution in [2.24, 2.45) is 0 Å². The molecule has 4 aromatic rings. The van der Waals surface area contributed by atoms with Gasteiger partial charge in [-0.2, -0.15) is 5.10 Å². The van der Waals surface area contributed by atoms with Crippen molar-refractivity contribution < 1.29 is 4.79 Å². The molecule has 1 amide bonds. The second-order valence-electron chi connectivity index (χ2n) is 5.35. The summed E-state index contributed by atoms with van der Waals surface area (Å²) in [7, 11) is 0. The highest BCUT2D eigenvalue weighted by molar-refractivity contribution is 6.07. The number of benzene rings is 2. The Morgan fingerprint density at radius 3 is 2.83 bits per heavy atom. The lowest BCUT2D eigenvalue weighted by molar-refractivity contribution is -0.111. The molecule has 0 bridgehead atoms. The van der Waals surface area contributed by atoms with Crippen LogP contribution in [0.3, 0.4) is 0 Å². The van der Waals surface area contributed by atoms with Crippen LogP contribution >= 0.6 is 0 Å². The van der Waals surface area contributed by atoms with E-state index in [1.807, 2.05) is 54.6 Å². The van der Waals surface area contributed by atoms with Gasteiger partial charge in [0.25, 0.3) is 0 Å². The van der Waals surface area contributed by atoms with Gasteiger partial charge in [-0.05, 0) is 36.4 Å². The first-order chi connectivity index (χ1) is 11.8. The smallest absolute Gasteiger partial charge is 0.248 e. The minimum atomic E-state index is -0.210. The number of hydrogen-bond donors (Lipinski definition) is 2. The van der Waals surface area contributed by atoms with E-state index in [2.05, 4.69) is 20.5 Å². The standard InChI is InChI=1S/C19H14N4O/c24-19(11-10-18-14-5-1-2-7-17(14)22-23-18)21-16-9-3-8-15-13(16)6-4-12-20-15/h1-12H,(H,21,24)(H,22,23). The van der Waals surface area contributed by atoms with Crippen molar-refractivity contribution in [1.29, 1.82) is 0 Å². The predicted octanol–water partition coefficient (Wildman–Crippen LogP) is 3.76. The third-order valence-corrected chi connectivity index (χ3v) is 3.80. The third kappa shape index (κ3) is 2.63. The molecule has 2 aromatic heterocycles. The van der Waals surface area contributed by atoms with Crippen LogP contribution in [0.2, 0.25) is 0 Å². The van der Waals surface area contributed by atoms with Crippen molar-refractivity contribution in [1.82, 2.24) is 15.2 Å². The Labute approximate surface area is 138 Å². The highest BCUT2D eigenvalue weighted by atomic mass is 16.1. The Kier molecular flexibility index (Phi) is 3.51. The fraction of sp³-hybridized carbons (Fsp3) is 0. The normalized spacial score (nSPS) is 11.3. The number of carbonyl (C=O) groups excluding carboxylic acids is 1. The van der Waals surface area contributed by atoms with E-state index >= 15 is 0 Å². The third-order valence-electron chi connectivity index (χ3n) is 3.80.